The Morgan fingerprint density at radius 3 is 2.74 bits per heavy atom. The fourth-order valence-corrected chi connectivity index (χ4v) is 5.23. The molecule has 0 atom stereocenters. The number of benzene rings is 1. The molecule has 1 amide bonds. The van der Waals surface area contributed by atoms with Crippen molar-refractivity contribution in [2.45, 2.75) is 50.3 Å². The van der Waals surface area contributed by atoms with Crippen molar-refractivity contribution in [1.82, 2.24) is 10.4 Å². The van der Waals surface area contributed by atoms with Gasteiger partial charge in [0.2, 0.25) is 0 Å². The summed E-state index contributed by atoms with van der Waals surface area (Å²) in [6.07, 6.45) is 8.57. The van der Waals surface area contributed by atoms with Crippen LogP contribution in [0.5, 0.6) is 0 Å². The zero-order valence-corrected chi connectivity index (χ0v) is 17.4. The minimum atomic E-state index is -3.75. The van der Waals surface area contributed by atoms with Gasteiger partial charge in [-0.1, -0.05) is 62.6 Å². The Morgan fingerprint density at radius 1 is 1.22 bits per heavy atom. The second kappa shape index (κ2) is 8.53. The topological polar surface area (TPSA) is 78.8 Å². The third-order valence-electron chi connectivity index (χ3n) is 4.28. The van der Waals surface area contributed by atoms with Gasteiger partial charge in [-0.2, -0.15) is 13.4 Å². The number of unbranched alkanes of at least 4 members (excludes halogenated alkanes) is 5. The number of carbonyl (C=O) groups is 1. The first kappa shape index (κ1) is 20.0. The monoisotopic (exact) mass is 423 g/mol. The zero-order valence-electron chi connectivity index (χ0n) is 15.0. The molecule has 0 aromatic heterocycles. The first-order valence-electron chi connectivity index (χ1n) is 8.91. The van der Waals surface area contributed by atoms with Crippen molar-refractivity contribution < 1.29 is 13.2 Å². The van der Waals surface area contributed by atoms with E-state index in [1.165, 1.54) is 42.1 Å². The standard InChI is InChI=1S/C18H21N3O3S3/c1-2-3-4-5-6-7-11-14-17(22)21(18(25)26-14)19-16-13-10-8-9-12-15(13)27(23,24)20-16/h8-12H,2-7H2,1H3,(H,19,20)/b14-11-. The van der Waals surface area contributed by atoms with Gasteiger partial charge < -0.3 is 0 Å². The van der Waals surface area contributed by atoms with Crippen molar-refractivity contribution in [3.8, 4) is 0 Å². The Morgan fingerprint density at radius 2 is 1.96 bits per heavy atom. The Labute approximate surface area is 169 Å². The van der Waals surface area contributed by atoms with Crippen molar-refractivity contribution in [3.05, 3.63) is 40.8 Å². The van der Waals surface area contributed by atoms with Crippen molar-refractivity contribution in [2.24, 2.45) is 4.40 Å². The number of carbonyl (C=O) groups excluding carboxylic acids is 1. The summed E-state index contributed by atoms with van der Waals surface area (Å²) in [5, 5.41) is 1.19. The van der Waals surface area contributed by atoms with Gasteiger partial charge in [0, 0.05) is 5.56 Å². The maximum atomic E-state index is 12.6. The molecule has 9 heteroatoms. The van der Waals surface area contributed by atoms with Gasteiger partial charge in [0.05, 0.1) is 4.91 Å². The second-order valence-electron chi connectivity index (χ2n) is 6.30. The Balaban J connectivity index is 1.67. The quantitative estimate of drug-likeness (QED) is 0.409. The first-order valence-corrected chi connectivity index (χ1v) is 11.6. The lowest BCUT2D eigenvalue weighted by atomic mass is 10.1. The Bertz CT molecular complexity index is 923. The highest BCUT2D eigenvalue weighted by Crippen LogP contribution is 2.32. The van der Waals surface area contributed by atoms with E-state index in [1.54, 1.807) is 18.2 Å². The van der Waals surface area contributed by atoms with E-state index in [0.29, 0.717) is 14.8 Å². The fraction of sp³-hybridized carbons (Fsp3) is 0.389. The number of thiocarbonyl (C=S) groups is 1. The fourth-order valence-electron chi connectivity index (χ4n) is 2.88. The average molecular weight is 424 g/mol. The molecular weight excluding hydrogens is 402 g/mol. The maximum Gasteiger partial charge on any atom is 0.285 e. The highest BCUT2D eigenvalue weighted by molar-refractivity contribution is 8.26. The molecule has 0 aliphatic carbocycles. The molecule has 1 N–H and O–H groups in total. The summed E-state index contributed by atoms with van der Waals surface area (Å²) < 4.78 is 28.3. The summed E-state index contributed by atoms with van der Waals surface area (Å²) >= 11 is 6.50. The molecule has 0 spiro atoms. The van der Waals surface area contributed by atoms with Crippen LogP contribution in [0.3, 0.4) is 0 Å². The molecule has 1 aromatic rings. The van der Waals surface area contributed by atoms with E-state index in [1.807, 2.05) is 6.08 Å². The normalized spacial score (nSPS) is 19.5. The molecule has 0 radical (unpaired) electrons. The molecule has 0 bridgehead atoms. The lowest BCUT2D eigenvalue weighted by Gasteiger charge is -2.16. The smallest absolute Gasteiger partial charge is 0.272 e. The molecule has 27 heavy (non-hydrogen) atoms. The number of allylic oxidation sites excluding steroid dienone is 1. The van der Waals surface area contributed by atoms with E-state index < -0.39 is 10.0 Å². The summed E-state index contributed by atoms with van der Waals surface area (Å²) in [6.45, 7) is 2.18. The Kier molecular flexibility index (Phi) is 6.33. The summed E-state index contributed by atoms with van der Waals surface area (Å²) in [7, 11) is -3.75. The molecule has 2 aliphatic heterocycles. The van der Waals surface area contributed by atoms with Crippen molar-refractivity contribution in [2.75, 3.05) is 0 Å². The number of amidine groups is 1. The Hall–Kier alpha value is -1.71. The van der Waals surface area contributed by atoms with Crippen LogP contribution < -0.4 is 5.43 Å². The predicted molar refractivity (Wildman–Crippen MR) is 112 cm³/mol. The van der Waals surface area contributed by atoms with Gasteiger partial charge >= 0.3 is 0 Å². The SMILES string of the molecule is CCCCCCC/C=C1\SC(=S)N(NC2=NS(=O)(=O)c3ccccc32)C1=O. The number of sulfonamides is 1. The minimum absolute atomic E-state index is 0.114. The molecule has 1 saturated heterocycles. The van der Waals surface area contributed by atoms with Crippen LogP contribution in [0.25, 0.3) is 0 Å². The van der Waals surface area contributed by atoms with Crippen LogP contribution in [0.15, 0.2) is 44.5 Å². The van der Waals surface area contributed by atoms with E-state index >= 15 is 0 Å². The number of amides is 1. The van der Waals surface area contributed by atoms with Crippen molar-refractivity contribution >= 4 is 50.1 Å². The van der Waals surface area contributed by atoms with E-state index in [2.05, 4.69) is 16.7 Å². The number of hydrogen-bond acceptors (Lipinski definition) is 6. The summed E-state index contributed by atoms with van der Waals surface area (Å²) in [5.41, 5.74) is 3.23. The lowest BCUT2D eigenvalue weighted by molar-refractivity contribution is -0.123. The maximum absolute atomic E-state index is 12.6. The molecule has 1 fully saturated rings. The van der Waals surface area contributed by atoms with Gasteiger partial charge in [0.1, 0.15) is 4.90 Å². The number of hydrazine groups is 1. The van der Waals surface area contributed by atoms with Crippen LogP contribution in [-0.4, -0.2) is 29.5 Å². The van der Waals surface area contributed by atoms with Crippen LogP contribution in [0.2, 0.25) is 0 Å². The predicted octanol–water partition coefficient (Wildman–Crippen LogP) is 3.74. The molecule has 6 nitrogen and oxygen atoms in total. The number of hydrogen-bond donors (Lipinski definition) is 1. The number of thioether (sulfide) groups is 1. The van der Waals surface area contributed by atoms with Crippen LogP contribution in [0.4, 0.5) is 0 Å². The lowest BCUT2D eigenvalue weighted by Crippen LogP contribution is -2.44. The molecule has 2 heterocycles. The van der Waals surface area contributed by atoms with Crippen LogP contribution in [0.1, 0.15) is 51.0 Å². The second-order valence-corrected chi connectivity index (χ2v) is 9.55. The van der Waals surface area contributed by atoms with E-state index in [4.69, 9.17) is 12.2 Å². The van der Waals surface area contributed by atoms with Gasteiger partial charge in [0.25, 0.3) is 15.9 Å². The third-order valence-corrected chi connectivity index (χ3v) is 6.97. The number of nitrogens with one attached hydrogen (secondary N) is 1. The summed E-state index contributed by atoms with van der Waals surface area (Å²) in [5.74, 6) is -0.161. The molecule has 3 rings (SSSR count). The molecular formula is C18H21N3O3S3. The minimum Gasteiger partial charge on any atom is -0.272 e. The number of nitrogens with zero attached hydrogens (tertiary/aromatic N) is 2. The average Bonchev–Trinajstić information content (AvgIpc) is 3.06. The highest BCUT2D eigenvalue weighted by atomic mass is 32.2. The molecule has 144 valence electrons. The molecule has 2 aliphatic rings. The van der Waals surface area contributed by atoms with Crippen LogP contribution >= 0.6 is 24.0 Å². The summed E-state index contributed by atoms with van der Waals surface area (Å²) in [4.78, 5) is 13.3. The van der Waals surface area contributed by atoms with Gasteiger partial charge in [-0.25, -0.2) is 0 Å². The van der Waals surface area contributed by atoms with E-state index in [0.717, 1.165) is 19.3 Å². The van der Waals surface area contributed by atoms with E-state index in [9.17, 15) is 13.2 Å². The number of fused-ring (bicyclic) bond motifs is 1. The summed E-state index contributed by atoms with van der Waals surface area (Å²) in [6, 6.07) is 6.50. The third kappa shape index (κ3) is 4.41. The van der Waals surface area contributed by atoms with E-state index in [-0.39, 0.29) is 16.6 Å². The molecule has 0 saturated carbocycles. The van der Waals surface area contributed by atoms with Crippen LogP contribution in [0, 0.1) is 0 Å². The first-order chi connectivity index (χ1) is 12.9. The van der Waals surface area contributed by atoms with Gasteiger partial charge in [-0.3, -0.25) is 10.2 Å². The molecule has 1 aromatic carbocycles. The van der Waals surface area contributed by atoms with Crippen LogP contribution in [-0.2, 0) is 14.8 Å². The van der Waals surface area contributed by atoms with Gasteiger partial charge in [-0.05, 0) is 37.2 Å². The van der Waals surface area contributed by atoms with Gasteiger partial charge in [-0.15, -0.1) is 4.40 Å². The number of rotatable bonds is 7. The van der Waals surface area contributed by atoms with Crippen molar-refractivity contribution in [3.63, 3.8) is 0 Å². The zero-order chi connectivity index (χ0) is 19.4. The highest BCUT2D eigenvalue weighted by Gasteiger charge is 2.36. The molecule has 0 unspecified atom stereocenters. The van der Waals surface area contributed by atoms with Crippen molar-refractivity contribution in [1.29, 1.82) is 0 Å². The largest absolute Gasteiger partial charge is 0.285 e. The van der Waals surface area contributed by atoms with Gasteiger partial charge in [0.15, 0.2) is 10.2 Å².